The second kappa shape index (κ2) is 4.37. The van der Waals surface area contributed by atoms with Gasteiger partial charge >= 0.3 is 6.61 Å². The molecular weight excluding hydrogens is 310 g/mol. The highest BCUT2D eigenvalue weighted by Gasteiger charge is 2.09. The normalized spacial score (nSPS) is 10.6. The molecule has 1 nitrogen and oxygen atoms in total. The first kappa shape index (κ1) is 10.9. The molecule has 0 fully saturated rings. The second-order valence-electron chi connectivity index (χ2n) is 2.41. The minimum Gasteiger partial charge on any atom is -0.435 e. The Labute approximate surface area is 91.3 Å². The molecule has 1 aromatic carbocycles. The molecule has 0 aliphatic carbocycles. The van der Waals surface area contributed by atoms with Crippen LogP contribution in [0.3, 0.4) is 0 Å². The van der Waals surface area contributed by atoms with E-state index in [1.165, 1.54) is 6.07 Å². The zero-order valence-electron chi connectivity index (χ0n) is 6.65. The molecule has 1 rings (SSSR count). The van der Waals surface area contributed by atoms with E-state index in [2.05, 4.69) is 36.6 Å². The van der Waals surface area contributed by atoms with Gasteiger partial charge in [0, 0.05) is 8.95 Å². The summed E-state index contributed by atoms with van der Waals surface area (Å²) in [7, 11) is 0. The quantitative estimate of drug-likeness (QED) is 0.797. The number of rotatable bonds is 2. The van der Waals surface area contributed by atoms with E-state index in [0.717, 1.165) is 4.47 Å². The van der Waals surface area contributed by atoms with Crippen LogP contribution in [0.5, 0.6) is 5.75 Å². The Morgan fingerprint density at radius 2 is 1.77 bits per heavy atom. The van der Waals surface area contributed by atoms with Crippen LogP contribution in [-0.4, -0.2) is 6.61 Å². The number of hydrogen-bond donors (Lipinski definition) is 0. The molecule has 0 atom stereocenters. The van der Waals surface area contributed by atoms with Gasteiger partial charge in [-0.3, -0.25) is 0 Å². The summed E-state index contributed by atoms with van der Waals surface area (Å²) >= 11 is 6.45. The number of halogens is 4. The number of ether oxygens (including phenoxy) is 1. The van der Waals surface area contributed by atoms with E-state index in [1.807, 2.05) is 0 Å². The SMILES string of the molecule is Cc1cc(Br)c(Br)cc1OC(F)F. The van der Waals surface area contributed by atoms with E-state index in [0.29, 0.717) is 10.0 Å². The molecular formula is C8H6Br2F2O. The number of alkyl halides is 2. The summed E-state index contributed by atoms with van der Waals surface area (Å²) in [5.74, 6) is 0.185. The summed E-state index contributed by atoms with van der Waals surface area (Å²) in [5, 5.41) is 0. The monoisotopic (exact) mass is 314 g/mol. The molecule has 72 valence electrons. The van der Waals surface area contributed by atoms with Gasteiger partial charge in [0.1, 0.15) is 5.75 Å². The Morgan fingerprint density at radius 3 is 2.31 bits per heavy atom. The van der Waals surface area contributed by atoms with E-state index in [1.54, 1.807) is 13.0 Å². The van der Waals surface area contributed by atoms with Gasteiger partial charge in [0.05, 0.1) is 0 Å². The minimum absolute atomic E-state index is 0.185. The first-order chi connectivity index (χ1) is 6.00. The Hall–Kier alpha value is -0.160. The van der Waals surface area contributed by atoms with Crippen molar-refractivity contribution in [2.24, 2.45) is 0 Å². The third-order valence-corrected chi connectivity index (χ3v) is 3.28. The molecule has 0 spiro atoms. The molecule has 0 saturated heterocycles. The third kappa shape index (κ3) is 2.91. The molecule has 0 aromatic heterocycles. The molecule has 0 aliphatic rings. The molecule has 0 aliphatic heterocycles. The largest absolute Gasteiger partial charge is 0.435 e. The summed E-state index contributed by atoms with van der Waals surface area (Å²) in [4.78, 5) is 0. The lowest BCUT2D eigenvalue weighted by molar-refractivity contribution is -0.0503. The van der Waals surface area contributed by atoms with Gasteiger partial charge in [-0.15, -0.1) is 0 Å². The van der Waals surface area contributed by atoms with Crippen molar-refractivity contribution >= 4 is 31.9 Å². The van der Waals surface area contributed by atoms with Gasteiger partial charge in [-0.1, -0.05) is 0 Å². The van der Waals surface area contributed by atoms with E-state index in [-0.39, 0.29) is 5.75 Å². The minimum atomic E-state index is -2.79. The van der Waals surface area contributed by atoms with E-state index in [4.69, 9.17) is 0 Å². The maximum Gasteiger partial charge on any atom is 0.387 e. The van der Waals surface area contributed by atoms with Crippen molar-refractivity contribution in [1.82, 2.24) is 0 Å². The van der Waals surface area contributed by atoms with Crippen LogP contribution in [0.25, 0.3) is 0 Å². The first-order valence-electron chi connectivity index (χ1n) is 3.41. The Morgan fingerprint density at radius 1 is 1.23 bits per heavy atom. The van der Waals surface area contributed by atoms with Gasteiger partial charge < -0.3 is 4.74 Å². The van der Waals surface area contributed by atoms with E-state index < -0.39 is 6.61 Å². The van der Waals surface area contributed by atoms with Gasteiger partial charge in [0.15, 0.2) is 0 Å². The Balaban J connectivity index is 3.01. The zero-order valence-corrected chi connectivity index (χ0v) is 9.82. The van der Waals surface area contributed by atoms with E-state index in [9.17, 15) is 8.78 Å². The highest BCUT2D eigenvalue weighted by atomic mass is 79.9. The van der Waals surface area contributed by atoms with Crippen molar-refractivity contribution < 1.29 is 13.5 Å². The molecule has 0 heterocycles. The van der Waals surface area contributed by atoms with Gasteiger partial charge in [0.25, 0.3) is 0 Å². The molecule has 13 heavy (non-hydrogen) atoms. The standard InChI is InChI=1S/C8H6Br2F2O/c1-4-2-5(9)6(10)3-7(4)13-8(11)12/h2-3,8H,1H3. The average molecular weight is 316 g/mol. The average Bonchev–Trinajstić information content (AvgIpc) is 1.99. The van der Waals surface area contributed by atoms with Crippen LogP contribution in [0.15, 0.2) is 21.1 Å². The fraction of sp³-hybridized carbons (Fsp3) is 0.250. The lowest BCUT2D eigenvalue weighted by Crippen LogP contribution is -2.03. The zero-order chi connectivity index (χ0) is 10.0. The number of hydrogen-bond acceptors (Lipinski definition) is 1. The fourth-order valence-corrected chi connectivity index (χ4v) is 1.63. The third-order valence-electron chi connectivity index (χ3n) is 1.43. The maximum absolute atomic E-state index is 11.9. The van der Waals surface area contributed by atoms with Crippen molar-refractivity contribution in [3.63, 3.8) is 0 Å². The second-order valence-corrected chi connectivity index (χ2v) is 4.12. The van der Waals surface area contributed by atoms with Gasteiger partial charge in [0.2, 0.25) is 0 Å². The molecule has 5 heteroatoms. The molecule has 0 unspecified atom stereocenters. The summed E-state index contributed by atoms with van der Waals surface area (Å²) in [6.45, 7) is -1.08. The first-order valence-corrected chi connectivity index (χ1v) is 4.99. The summed E-state index contributed by atoms with van der Waals surface area (Å²) in [6, 6.07) is 3.22. The van der Waals surface area contributed by atoms with E-state index >= 15 is 0 Å². The molecule has 0 radical (unpaired) electrons. The number of benzene rings is 1. The predicted octanol–water partition coefficient (Wildman–Crippen LogP) is 4.12. The lowest BCUT2D eigenvalue weighted by atomic mass is 10.2. The highest BCUT2D eigenvalue weighted by molar-refractivity contribution is 9.13. The van der Waals surface area contributed by atoms with Crippen LogP contribution < -0.4 is 4.74 Å². The summed E-state index contributed by atoms with van der Waals surface area (Å²) in [5.41, 5.74) is 0.662. The molecule has 0 N–H and O–H groups in total. The molecule has 0 amide bonds. The Kier molecular flexibility index (Phi) is 3.67. The molecule has 0 bridgehead atoms. The number of aryl methyl sites for hydroxylation is 1. The van der Waals surface area contributed by atoms with Gasteiger partial charge in [-0.25, -0.2) is 0 Å². The van der Waals surface area contributed by atoms with Crippen molar-refractivity contribution in [1.29, 1.82) is 0 Å². The lowest BCUT2D eigenvalue weighted by Gasteiger charge is -2.08. The van der Waals surface area contributed by atoms with Crippen LogP contribution >= 0.6 is 31.9 Å². The van der Waals surface area contributed by atoms with Crippen LogP contribution in [0.2, 0.25) is 0 Å². The van der Waals surface area contributed by atoms with Crippen LogP contribution in [-0.2, 0) is 0 Å². The van der Waals surface area contributed by atoms with Crippen molar-refractivity contribution in [2.75, 3.05) is 0 Å². The van der Waals surface area contributed by atoms with Gasteiger partial charge in [-0.05, 0) is 56.5 Å². The molecule has 0 saturated carbocycles. The topological polar surface area (TPSA) is 9.23 Å². The van der Waals surface area contributed by atoms with Gasteiger partial charge in [-0.2, -0.15) is 8.78 Å². The maximum atomic E-state index is 11.9. The highest BCUT2D eigenvalue weighted by Crippen LogP contribution is 2.31. The van der Waals surface area contributed by atoms with Crippen LogP contribution in [0, 0.1) is 6.92 Å². The Bertz CT molecular complexity index is 315. The molecule has 1 aromatic rings. The predicted molar refractivity (Wildman–Crippen MR) is 53.2 cm³/mol. The fourth-order valence-electron chi connectivity index (χ4n) is 0.851. The van der Waals surface area contributed by atoms with Crippen LogP contribution in [0.1, 0.15) is 5.56 Å². The van der Waals surface area contributed by atoms with Crippen molar-refractivity contribution in [3.05, 3.63) is 26.6 Å². The van der Waals surface area contributed by atoms with Crippen molar-refractivity contribution in [3.8, 4) is 5.75 Å². The van der Waals surface area contributed by atoms with Crippen molar-refractivity contribution in [2.45, 2.75) is 13.5 Å². The summed E-state index contributed by atoms with van der Waals surface area (Å²) in [6.07, 6.45) is 0. The smallest absolute Gasteiger partial charge is 0.387 e. The summed E-state index contributed by atoms with van der Waals surface area (Å²) < 4.78 is 29.6. The van der Waals surface area contributed by atoms with Crippen LogP contribution in [0.4, 0.5) is 8.78 Å².